The van der Waals surface area contributed by atoms with Crippen LogP contribution in [0.3, 0.4) is 0 Å². The van der Waals surface area contributed by atoms with E-state index < -0.39 is 21.9 Å². The minimum absolute atomic E-state index is 0.0000536. The number of amides is 1. The van der Waals surface area contributed by atoms with Gasteiger partial charge in [-0.25, -0.2) is 17.5 Å². The van der Waals surface area contributed by atoms with Crippen molar-refractivity contribution in [1.82, 2.24) is 10.0 Å². The molecule has 1 saturated carbocycles. The van der Waals surface area contributed by atoms with Crippen LogP contribution in [-0.2, 0) is 19.6 Å². The van der Waals surface area contributed by atoms with Crippen molar-refractivity contribution in [3.8, 4) is 0 Å². The van der Waals surface area contributed by atoms with Gasteiger partial charge in [-0.15, -0.1) is 0 Å². The molecule has 0 unspecified atom stereocenters. The van der Waals surface area contributed by atoms with E-state index >= 15 is 0 Å². The van der Waals surface area contributed by atoms with Crippen LogP contribution >= 0.6 is 0 Å². The molecule has 0 bridgehead atoms. The van der Waals surface area contributed by atoms with Crippen molar-refractivity contribution in [3.05, 3.63) is 30.1 Å². The van der Waals surface area contributed by atoms with Gasteiger partial charge in [0, 0.05) is 13.0 Å². The maximum atomic E-state index is 12.9. The monoisotopic (exact) mass is 414 g/mol. The Bertz CT molecular complexity index is 767. The SMILES string of the molecule is O=C(CC1CC1)N[C@@H]1CC[C@@H](CCNS(=O)(=O)c2ccc(F)cc2)O[C@@H]1CO. The van der Waals surface area contributed by atoms with E-state index in [-0.39, 0.29) is 36.1 Å². The minimum atomic E-state index is -3.71. The van der Waals surface area contributed by atoms with Crippen LogP contribution in [0.25, 0.3) is 0 Å². The van der Waals surface area contributed by atoms with E-state index in [4.69, 9.17) is 4.74 Å². The van der Waals surface area contributed by atoms with Gasteiger partial charge in [-0.05, 0) is 62.3 Å². The fraction of sp³-hybridized carbons (Fsp3) is 0.632. The maximum Gasteiger partial charge on any atom is 0.240 e. The molecule has 2 aliphatic rings. The number of benzene rings is 1. The number of aliphatic hydroxyl groups is 1. The van der Waals surface area contributed by atoms with E-state index in [1.807, 2.05) is 0 Å². The average molecular weight is 414 g/mol. The molecule has 156 valence electrons. The van der Waals surface area contributed by atoms with E-state index in [0.717, 1.165) is 25.0 Å². The Morgan fingerprint density at radius 2 is 1.89 bits per heavy atom. The van der Waals surface area contributed by atoms with Crippen LogP contribution in [0.1, 0.15) is 38.5 Å². The fourth-order valence-corrected chi connectivity index (χ4v) is 4.46. The van der Waals surface area contributed by atoms with Crippen LogP contribution in [0.4, 0.5) is 4.39 Å². The Hall–Kier alpha value is -1.55. The lowest BCUT2D eigenvalue weighted by molar-refractivity contribution is -0.128. The highest BCUT2D eigenvalue weighted by atomic mass is 32.2. The molecule has 3 N–H and O–H groups in total. The highest BCUT2D eigenvalue weighted by Crippen LogP contribution is 2.32. The molecule has 28 heavy (non-hydrogen) atoms. The van der Waals surface area contributed by atoms with E-state index in [1.54, 1.807) is 0 Å². The number of rotatable bonds is 9. The van der Waals surface area contributed by atoms with Crippen molar-refractivity contribution in [2.24, 2.45) is 5.92 Å². The zero-order valence-electron chi connectivity index (χ0n) is 15.6. The van der Waals surface area contributed by atoms with E-state index in [1.165, 1.54) is 12.1 Å². The van der Waals surface area contributed by atoms with Crippen LogP contribution < -0.4 is 10.0 Å². The van der Waals surface area contributed by atoms with Crippen molar-refractivity contribution in [1.29, 1.82) is 0 Å². The third-order valence-corrected chi connectivity index (χ3v) is 6.67. The normalized spacial score (nSPS) is 25.4. The largest absolute Gasteiger partial charge is 0.394 e. The maximum absolute atomic E-state index is 12.9. The second-order valence-electron chi connectivity index (χ2n) is 7.52. The number of sulfonamides is 1. The van der Waals surface area contributed by atoms with Crippen molar-refractivity contribution in [2.75, 3.05) is 13.2 Å². The summed E-state index contributed by atoms with van der Waals surface area (Å²) in [5.41, 5.74) is 0. The van der Waals surface area contributed by atoms with Crippen molar-refractivity contribution in [2.45, 2.75) is 61.7 Å². The Kier molecular flexibility index (Phi) is 7.03. The molecule has 9 heteroatoms. The van der Waals surface area contributed by atoms with Gasteiger partial charge in [-0.3, -0.25) is 4.79 Å². The highest BCUT2D eigenvalue weighted by molar-refractivity contribution is 7.89. The smallest absolute Gasteiger partial charge is 0.240 e. The molecule has 1 aliphatic heterocycles. The van der Waals surface area contributed by atoms with Gasteiger partial charge in [-0.1, -0.05) is 0 Å². The van der Waals surface area contributed by atoms with Gasteiger partial charge in [0.15, 0.2) is 0 Å². The molecule has 1 saturated heterocycles. The summed E-state index contributed by atoms with van der Waals surface area (Å²) in [6, 6.07) is 4.41. The van der Waals surface area contributed by atoms with Crippen molar-refractivity contribution >= 4 is 15.9 Å². The molecular weight excluding hydrogens is 387 g/mol. The molecule has 0 radical (unpaired) electrons. The standard InChI is InChI=1S/C19H27FN2O5S/c20-14-3-6-16(7-4-14)28(25,26)21-10-9-15-5-8-17(18(12-23)27-15)22-19(24)11-13-1-2-13/h3-4,6-7,13,15,17-18,21,23H,1-2,5,8-12H2,(H,22,24)/t15-,17+,18+/m0/s1. The predicted octanol–water partition coefficient (Wildman–Crippen LogP) is 1.32. The molecule has 1 heterocycles. The summed E-state index contributed by atoms with van der Waals surface area (Å²) in [6.45, 7) is -0.0343. The molecule has 1 aromatic carbocycles. The van der Waals surface area contributed by atoms with Gasteiger partial charge in [-0.2, -0.15) is 0 Å². The first-order valence-electron chi connectivity index (χ1n) is 9.68. The van der Waals surface area contributed by atoms with E-state index in [9.17, 15) is 22.7 Å². The van der Waals surface area contributed by atoms with E-state index in [0.29, 0.717) is 31.6 Å². The molecule has 3 rings (SSSR count). The molecule has 2 fully saturated rings. The highest BCUT2D eigenvalue weighted by Gasteiger charge is 2.33. The Balaban J connectivity index is 1.44. The molecule has 1 aliphatic carbocycles. The molecule has 0 aromatic heterocycles. The van der Waals surface area contributed by atoms with Crippen LogP contribution in [-0.4, -0.2) is 50.8 Å². The number of hydrogen-bond donors (Lipinski definition) is 3. The van der Waals surface area contributed by atoms with Crippen molar-refractivity contribution < 1.29 is 27.4 Å². The zero-order chi connectivity index (χ0) is 20.1. The first-order valence-corrected chi connectivity index (χ1v) is 11.2. The third-order valence-electron chi connectivity index (χ3n) is 5.20. The predicted molar refractivity (Wildman–Crippen MR) is 100 cm³/mol. The van der Waals surface area contributed by atoms with Crippen LogP contribution in [0, 0.1) is 11.7 Å². The topological polar surface area (TPSA) is 105 Å². The lowest BCUT2D eigenvalue weighted by Crippen LogP contribution is -2.51. The number of aliphatic hydroxyl groups excluding tert-OH is 1. The Labute approximate surface area is 164 Å². The summed E-state index contributed by atoms with van der Waals surface area (Å²) in [5, 5.41) is 12.5. The number of nitrogens with one attached hydrogen (secondary N) is 2. The van der Waals surface area contributed by atoms with Crippen molar-refractivity contribution in [3.63, 3.8) is 0 Å². The summed E-state index contributed by atoms with van der Waals surface area (Å²) in [6.07, 6.45) is 3.84. The minimum Gasteiger partial charge on any atom is -0.394 e. The molecule has 1 aromatic rings. The summed E-state index contributed by atoms with van der Waals surface area (Å²) in [5.74, 6) is 0.00222. The van der Waals surface area contributed by atoms with Gasteiger partial charge in [0.05, 0.1) is 23.6 Å². The average Bonchev–Trinajstić information content (AvgIpc) is 3.47. The summed E-state index contributed by atoms with van der Waals surface area (Å²) >= 11 is 0. The van der Waals surface area contributed by atoms with Gasteiger partial charge >= 0.3 is 0 Å². The molecule has 0 spiro atoms. The zero-order valence-corrected chi connectivity index (χ0v) is 16.5. The summed E-state index contributed by atoms with van der Waals surface area (Å²) in [7, 11) is -3.71. The summed E-state index contributed by atoms with van der Waals surface area (Å²) in [4.78, 5) is 12.0. The molecular formula is C19H27FN2O5S. The lowest BCUT2D eigenvalue weighted by atomic mass is 9.97. The van der Waals surface area contributed by atoms with Gasteiger partial charge in [0.1, 0.15) is 11.9 Å². The summed E-state index contributed by atoms with van der Waals surface area (Å²) < 4.78 is 45.7. The van der Waals surface area contributed by atoms with Gasteiger partial charge in [0.2, 0.25) is 15.9 Å². The first-order chi connectivity index (χ1) is 13.4. The third kappa shape index (κ3) is 5.97. The second-order valence-corrected chi connectivity index (χ2v) is 9.29. The number of hydrogen-bond acceptors (Lipinski definition) is 5. The number of carbonyl (C=O) groups is 1. The number of ether oxygens (including phenoxy) is 1. The van der Waals surface area contributed by atoms with E-state index in [2.05, 4.69) is 10.0 Å². The first kappa shape index (κ1) is 21.2. The quantitative estimate of drug-likeness (QED) is 0.565. The second kappa shape index (κ2) is 9.30. The van der Waals surface area contributed by atoms with Gasteiger partial charge < -0.3 is 15.2 Å². The lowest BCUT2D eigenvalue weighted by Gasteiger charge is -2.36. The number of halogens is 1. The fourth-order valence-electron chi connectivity index (χ4n) is 3.41. The Morgan fingerprint density at radius 3 is 2.54 bits per heavy atom. The molecule has 3 atom stereocenters. The van der Waals surface area contributed by atoms with Gasteiger partial charge in [0.25, 0.3) is 0 Å². The van der Waals surface area contributed by atoms with Crippen LogP contribution in [0.5, 0.6) is 0 Å². The molecule has 7 nitrogen and oxygen atoms in total. The molecule has 1 amide bonds. The van der Waals surface area contributed by atoms with Crippen LogP contribution in [0.15, 0.2) is 29.2 Å². The number of carbonyl (C=O) groups excluding carboxylic acids is 1. The Morgan fingerprint density at radius 1 is 1.18 bits per heavy atom. The van der Waals surface area contributed by atoms with Crippen LogP contribution in [0.2, 0.25) is 0 Å².